The molecular formula is C16H23FN2O. The highest BCUT2D eigenvalue weighted by Crippen LogP contribution is 2.15. The number of amides is 1. The summed E-state index contributed by atoms with van der Waals surface area (Å²) >= 11 is 0. The molecule has 0 aliphatic carbocycles. The van der Waals surface area contributed by atoms with Crippen molar-refractivity contribution >= 4 is 5.91 Å². The Morgan fingerprint density at radius 3 is 3.05 bits per heavy atom. The van der Waals surface area contributed by atoms with E-state index in [0.717, 1.165) is 24.9 Å². The predicted molar refractivity (Wildman–Crippen MR) is 77.8 cm³/mol. The Kier molecular flexibility index (Phi) is 5.53. The van der Waals surface area contributed by atoms with Gasteiger partial charge in [-0.25, -0.2) is 4.39 Å². The molecule has 1 amide bonds. The van der Waals surface area contributed by atoms with Crippen LogP contribution in [0.3, 0.4) is 0 Å². The number of carbonyl (C=O) groups excluding carboxylic acids is 1. The summed E-state index contributed by atoms with van der Waals surface area (Å²) in [5.74, 6) is -0.232. The Hall–Kier alpha value is -1.42. The van der Waals surface area contributed by atoms with Crippen LogP contribution < -0.4 is 10.6 Å². The van der Waals surface area contributed by atoms with Crippen molar-refractivity contribution in [2.24, 2.45) is 0 Å². The summed E-state index contributed by atoms with van der Waals surface area (Å²) in [6.45, 7) is 2.94. The van der Waals surface area contributed by atoms with Crippen LogP contribution in [0.5, 0.6) is 0 Å². The van der Waals surface area contributed by atoms with Crippen LogP contribution in [-0.2, 0) is 4.79 Å². The van der Waals surface area contributed by atoms with E-state index in [2.05, 4.69) is 10.6 Å². The van der Waals surface area contributed by atoms with Gasteiger partial charge < -0.3 is 10.6 Å². The fourth-order valence-electron chi connectivity index (χ4n) is 2.65. The molecule has 2 rings (SSSR count). The number of halogens is 1. The number of rotatable bonds is 5. The van der Waals surface area contributed by atoms with Crippen molar-refractivity contribution in [3.05, 3.63) is 35.6 Å². The molecule has 1 saturated heterocycles. The number of piperidine rings is 1. The first kappa shape index (κ1) is 15.0. The summed E-state index contributed by atoms with van der Waals surface area (Å²) in [4.78, 5) is 11.9. The molecule has 3 nitrogen and oxygen atoms in total. The van der Waals surface area contributed by atoms with Crippen LogP contribution in [0.1, 0.15) is 50.6 Å². The van der Waals surface area contributed by atoms with Crippen LogP contribution in [0.4, 0.5) is 4.39 Å². The Morgan fingerprint density at radius 2 is 2.35 bits per heavy atom. The molecule has 1 fully saturated rings. The minimum Gasteiger partial charge on any atom is -0.350 e. The van der Waals surface area contributed by atoms with E-state index in [1.54, 1.807) is 6.07 Å². The zero-order valence-corrected chi connectivity index (χ0v) is 12.0. The average Bonchev–Trinajstić information content (AvgIpc) is 2.46. The number of nitrogens with one attached hydrogen (secondary N) is 2. The topological polar surface area (TPSA) is 41.1 Å². The quantitative estimate of drug-likeness (QED) is 0.869. The predicted octanol–water partition coefficient (Wildman–Crippen LogP) is 2.93. The molecule has 2 N–H and O–H groups in total. The van der Waals surface area contributed by atoms with Crippen molar-refractivity contribution in [1.29, 1.82) is 0 Å². The maximum absolute atomic E-state index is 13.1. The zero-order chi connectivity index (χ0) is 14.4. The van der Waals surface area contributed by atoms with Gasteiger partial charge in [0.25, 0.3) is 0 Å². The van der Waals surface area contributed by atoms with Crippen LogP contribution >= 0.6 is 0 Å². The van der Waals surface area contributed by atoms with E-state index in [0.29, 0.717) is 12.5 Å². The molecule has 1 heterocycles. The second kappa shape index (κ2) is 7.39. The third-order valence-corrected chi connectivity index (χ3v) is 3.86. The first-order valence-corrected chi connectivity index (χ1v) is 7.43. The summed E-state index contributed by atoms with van der Waals surface area (Å²) in [7, 11) is 0. The Morgan fingerprint density at radius 1 is 1.50 bits per heavy atom. The Balaban J connectivity index is 1.76. The zero-order valence-electron chi connectivity index (χ0n) is 12.0. The van der Waals surface area contributed by atoms with E-state index in [1.807, 2.05) is 13.0 Å². The van der Waals surface area contributed by atoms with Gasteiger partial charge in [-0.15, -0.1) is 0 Å². The van der Waals surface area contributed by atoms with E-state index >= 15 is 0 Å². The van der Waals surface area contributed by atoms with Gasteiger partial charge in [-0.2, -0.15) is 0 Å². The first-order valence-electron chi connectivity index (χ1n) is 7.43. The van der Waals surface area contributed by atoms with E-state index in [9.17, 15) is 9.18 Å². The second-order valence-electron chi connectivity index (χ2n) is 5.53. The number of carbonyl (C=O) groups is 1. The summed E-state index contributed by atoms with van der Waals surface area (Å²) < 4.78 is 13.1. The molecule has 4 heteroatoms. The van der Waals surface area contributed by atoms with Gasteiger partial charge in [0.05, 0.1) is 6.04 Å². The monoisotopic (exact) mass is 278 g/mol. The molecule has 2 atom stereocenters. The van der Waals surface area contributed by atoms with Crippen molar-refractivity contribution < 1.29 is 9.18 Å². The second-order valence-corrected chi connectivity index (χ2v) is 5.53. The summed E-state index contributed by atoms with van der Waals surface area (Å²) in [5.41, 5.74) is 0.800. The molecule has 110 valence electrons. The van der Waals surface area contributed by atoms with Gasteiger partial charge in [0.15, 0.2) is 0 Å². The third-order valence-electron chi connectivity index (χ3n) is 3.86. The van der Waals surface area contributed by atoms with Crippen LogP contribution in [0.15, 0.2) is 24.3 Å². The fourth-order valence-corrected chi connectivity index (χ4v) is 2.65. The highest BCUT2D eigenvalue weighted by molar-refractivity contribution is 5.76. The largest absolute Gasteiger partial charge is 0.350 e. The van der Waals surface area contributed by atoms with Crippen LogP contribution in [0.2, 0.25) is 0 Å². The lowest BCUT2D eigenvalue weighted by atomic mass is 10.0. The molecule has 1 aromatic carbocycles. The van der Waals surface area contributed by atoms with Crippen LogP contribution in [0, 0.1) is 5.82 Å². The number of benzene rings is 1. The lowest BCUT2D eigenvalue weighted by Gasteiger charge is -2.23. The van der Waals surface area contributed by atoms with E-state index < -0.39 is 0 Å². The molecular weight excluding hydrogens is 255 g/mol. The van der Waals surface area contributed by atoms with E-state index in [1.165, 1.54) is 25.0 Å². The van der Waals surface area contributed by atoms with Crippen LogP contribution in [0.25, 0.3) is 0 Å². The van der Waals surface area contributed by atoms with Crippen molar-refractivity contribution in [1.82, 2.24) is 10.6 Å². The van der Waals surface area contributed by atoms with Gasteiger partial charge in [0.1, 0.15) is 5.82 Å². The molecule has 1 unspecified atom stereocenters. The van der Waals surface area contributed by atoms with Gasteiger partial charge in [0.2, 0.25) is 5.91 Å². The van der Waals surface area contributed by atoms with Gasteiger partial charge in [-0.1, -0.05) is 18.6 Å². The van der Waals surface area contributed by atoms with E-state index in [-0.39, 0.29) is 17.8 Å². The Labute approximate surface area is 120 Å². The van der Waals surface area contributed by atoms with Gasteiger partial charge >= 0.3 is 0 Å². The number of hydrogen-bond acceptors (Lipinski definition) is 2. The van der Waals surface area contributed by atoms with E-state index in [4.69, 9.17) is 0 Å². The molecule has 0 radical (unpaired) electrons. The molecule has 20 heavy (non-hydrogen) atoms. The lowest BCUT2D eigenvalue weighted by Crippen LogP contribution is -2.35. The fraction of sp³-hybridized carbons (Fsp3) is 0.562. The average molecular weight is 278 g/mol. The normalized spacial score (nSPS) is 20.4. The minimum atomic E-state index is -0.269. The summed E-state index contributed by atoms with van der Waals surface area (Å²) in [6.07, 6.45) is 5.05. The first-order chi connectivity index (χ1) is 9.65. The summed E-state index contributed by atoms with van der Waals surface area (Å²) in [6, 6.07) is 6.69. The molecule has 1 aromatic rings. The van der Waals surface area contributed by atoms with Crippen molar-refractivity contribution in [2.45, 2.75) is 51.1 Å². The molecule has 0 saturated carbocycles. The Bertz CT molecular complexity index is 444. The van der Waals surface area contributed by atoms with Gasteiger partial charge in [0, 0.05) is 12.5 Å². The highest BCUT2D eigenvalue weighted by Gasteiger charge is 2.15. The van der Waals surface area contributed by atoms with Crippen LogP contribution in [-0.4, -0.2) is 18.5 Å². The van der Waals surface area contributed by atoms with Crippen molar-refractivity contribution in [3.8, 4) is 0 Å². The third kappa shape index (κ3) is 4.60. The highest BCUT2D eigenvalue weighted by atomic mass is 19.1. The molecule has 1 aliphatic rings. The maximum atomic E-state index is 13.1. The maximum Gasteiger partial charge on any atom is 0.220 e. The standard InChI is InChI=1S/C16H23FN2O/c1-12(13-5-4-6-14(17)11-13)19-16(20)9-8-15-7-2-3-10-18-15/h4-6,11-12,15,18H,2-3,7-10H2,1H3,(H,19,20)/t12-,15?/m1/s1. The molecule has 1 aliphatic heterocycles. The van der Waals surface area contributed by atoms with Crippen molar-refractivity contribution in [3.63, 3.8) is 0 Å². The van der Waals surface area contributed by atoms with Crippen molar-refractivity contribution in [2.75, 3.05) is 6.54 Å². The minimum absolute atomic E-state index is 0.0362. The lowest BCUT2D eigenvalue weighted by molar-refractivity contribution is -0.122. The molecule has 0 spiro atoms. The van der Waals surface area contributed by atoms with Gasteiger partial charge in [-0.05, 0) is 50.4 Å². The van der Waals surface area contributed by atoms with Gasteiger partial charge in [-0.3, -0.25) is 4.79 Å². The SMILES string of the molecule is C[C@@H](NC(=O)CCC1CCCCN1)c1cccc(F)c1. The summed E-state index contributed by atoms with van der Waals surface area (Å²) in [5, 5.41) is 6.37. The smallest absolute Gasteiger partial charge is 0.220 e. The molecule has 0 aromatic heterocycles. The molecule has 0 bridgehead atoms. The number of hydrogen-bond donors (Lipinski definition) is 2.